The summed E-state index contributed by atoms with van der Waals surface area (Å²) in [6.45, 7) is 6.03. The standard InChI is InChI=1S/C14H19BrO3/c1-5-18-14(2,3)13(16)9-10-6-7-12(17-4)11(15)8-10/h6-8H,5,9H2,1-4H3. The number of hydrogen-bond acceptors (Lipinski definition) is 3. The van der Waals surface area contributed by atoms with Crippen LogP contribution in [0.25, 0.3) is 0 Å². The summed E-state index contributed by atoms with van der Waals surface area (Å²) in [5.41, 5.74) is 0.210. The molecule has 0 saturated carbocycles. The van der Waals surface area contributed by atoms with E-state index in [1.165, 1.54) is 0 Å². The molecule has 0 aliphatic heterocycles. The lowest BCUT2D eigenvalue weighted by Crippen LogP contribution is -2.36. The van der Waals surface area contributed by atoms with Crippen LogP contribution in [-0.2, 0) is 16.0 Å². The molecule has 0 heterocycles. The first-order valence-electron chi connectivity index (χ1n) is 5.90. The van der Waals surface area contributed by atoms with Gasteiger partial charge in [-0.05, 0) is 54.4 Å². The van der Waals surface area contributed by atoms with Crippen LogP contribution in [-0.4, -0.2) is 25.1 Å². The maximum atomic E-state index is 12.1. The average Bonchev–Trinajstić information content (AvgIpc) is 2.29. The smallest absolute Gasteiger partial charge is 0.168 e. The summed E-state index contributed by atoms with van der Waals surface area (Å²) in [7, 11) is 1.61. The number of rotatable bonds is 6. The summed E-state index contributed by atoms with van der Waals surface area (Å²) in [4.78, 5) is 12.1. The second kappa shape index (κ2) is 6.34. The lowest BCUT2D eigenvalue weighted by atomic mass is 9.97. The lowest BCUT2D eigenvalue weighted by molar-refractivity contribution is -0.139. The van der Waals surface area contributed by atoms with Crippen molar-refractivity contribution in [3.05, 3.63) is 28.2 Å². The molecule has 1 aromatic carbocycles. The van der Waals surface area contributed by atoms with E-state index < -0.39 is 5.60 Å². The van der Waals surface area contributed by atoms with E-state index in [4.69, 9.17) is 9.47 Å². The van der Waals surface area contributed by atoms with Gasteiger partial charge in [0.15, 0.2) is 5.78 Å². The molecule has 0 radical (unpaired) electrons. The molecule has 0 atom stereocenters. The Labute approximate surface area is 117 Å². The monoisotopic (exact) mass is 314 g/mol. The van der Waals surface area contributed by atoms with E-state index in [2.05, 4.69) is 15.9 Å². The number of benzene rings is 1. The van der Waals surface area contributed by atoms with Crippen molar-refractivity contribution in [1.29, 1.82) is 0 Å². The van der Waals surface area contributed by atoms with Crippen LogP contribution in [0.3, 0.4) is 0 Å². The van der Waals surface area contributed by atoms with Crippen LogP contribution in [0.15, 0.2) is 22.7 Å². The second-order valence-electron chi connectivity index (χ2n) is 4.51. The number of carbonyl (C=O) groups excluding carboxylic acids is 1. The summed E-state index contributed by atoms with van der Waals surface area (Å²) >= 11 is 3.41. The number of halogens is 1. The molecule has 1 rings (SSSR count). The van der Waals surface area contributed by atoms with Gasteiger partial charge < -0.3 is 9.47 Å². The van der Waals surface area contributed by atoms with Crippen molar-refractivity contribution in [2.24, 2.45) is 0 Å². The zero-order chi connectivity index (χ0) is 13.8. The van der Waals surface area contributed by atoms with Crippen molar-refractivity contribution in [2.75, 3.05) is 13.7 Å². The van der Waals surface area contributed by atoms with Crippen molar-refractivity contribution in [1.82, 2.24) is 0 Å². The zero-order valence-electron chi connectivity index (χ0n) is 11.2. The molecule has 0 N–H and O–H groups in total. The van der Waals surface area contributed by atoms with E-state index >= 15 is 0 Å². The van der Waals surface area contributed by atoms with E-state index in [9.17, 15) is 4.79 Å². The van der Waals surface area contributed by atoms with Crippen molar-refractivity contribution < 1.29 is 14.3 Å². The Kier molecular flexibility index (Phi) is 5.35. The molecule has 0 fully saturated rings. The number of ketones is 1. The van der Waals surface area contributed by atoms with Crippen LogP contribution in [0.5, 0.6) is 5.75 Å². The summed E-state index contributed by atoms with van der Waals surface area (Å²) in [6, 6.07) is 5.64. The lowest BCUT2D eigenvalue weighted by Gasteiger charge is -2.23. The van der Waals surface area contributed by atoms with Crippen LogP contribution in [0.1, 0.15) is 26.3 Å². The minimum Gasteiger partial charge on any atom is -0.496 e. The predicted molar refractivity (Wildman–Crippen MR) is 75.1 cm³/mol. The Hall–Kier alpha value is -0.870. The minimum absolute atomic E-state index is 0.0708. The van der Waals surface area contributed by atoms with Gasteiger partial charge in [0.1, 0.15) is 11.4 Å². The van der Waals surface area contributed by atoms with E-state index in [1.807, 2.05) is 25.1 Å². The highest BCUT2D eigenvalue weighted by Gasteiger charge is 2.27. The number of ether oxygens (including phenoxy) is 2. The summed E-state index contributed by atoms with van der Waals surface area (Å²) < 4.78 is 11.5. The van der Waals surface area contributed by atoms with Crippen LogP contribution < -0.4 is 4.74 Å². The SMILES string of the molecule is CCOC(C)(C)C(=O)Cc1ccc(OC)c(Br)c1. The molecule has 1 aromatic rings. The molecule has 3 nitrogen and oxygen atoms in total. The molecule has 0 bridgehead atoms. The third kappa shape index (κ3) is 3.82. The van der Waals surface area contributed by atoms with E-state index in [0.717, 1.165) is 15.8 Å². The number of methoxy groups -OCH3 is 1. The Bertz CT molecular complexity index is 427. The molecule has 0 amide bonds. The molecule has 4 heteroatoms. The maximum Gasteiger partial charge on any atom is 0.168 e. The predicted octanol–water partition coefficient (Wildman–Crippen LogP) is 3.38. The van der Waals surface area contributed by atoms with Crippen LogP contribution in [0.2, 0.25) is 0 Å². The quantitative estimate of drug-likeness (QED) is 0.807. The highest BCUT2D eigenvalue weighted by molar-refractivity contribution is 9.10. The molecule has 100 valence electrons. The molecule has 0 unspecified atom stereocenters. The van der Waals surface area contributed by atoms with Gasteiger partial charge in [-0.1, -0.05) is 6.07 Å². The van der Waals surface area contributed by atoms with Crippen molar-refractivity contribution >= 4 is 21.7 Å². The number of Topliss-reactive ketones (excluding diaryl/α,β-unsaturated/α-hetero) is 1. The van der Waals surface area contributed by atoms with Gasteiger partial charge in [0.2, 0.25) is 0 Å². The highest BCUT2D eigenvalue weighted by atomic mass is 79.9. The van der Waals surface area contributed by atoms with Crippen molar-refractivity contribution in [2.45, 2.75) is 32.8 Å². The van der Waals surface area contributed by atoms with Gasteiger partial charge in [-0.2, -0.15) is 0 Å². The van der Waals surface area contributed by atoms with Gasteiger partial charge in [-0.15, -0.1) is 0 Å². The second-order valence-corrected chi connectivity index (χ2v) is 5.37. The van der Waals surface area contributed by atoms with Gasteiger partial charge in [-0.3, -0.25) is 4.79 Å². The third-order valence-corrected chi connectivity index (χ3v) is 3.38. The molecular formula is C14H19BrO3. The van der Waals surface area contributed by atoms with Crippen LogP contribution >= 0.6 is 15.9 Å². The molecule has 0 spiro atoms. The van der Waals surface area contributed by atoms with E-state index in [-0.39, 0.29) is 5.78 Å². The Balaban J connectivity index is 2.79. The zero-order valence-corrected chi connectivity index (χ0v) is 12.8. The van der Waals surface area contributed by atoms with Gasteiger partial charge in [0.25, 0.3) is 0 Å². The van der Waals surface area contributed by atoms with Gasteiger partial charge in [-0.25, -0.2) is 0 Å². The topological polar surface area (TPSA) is 35.5 Å². The maximum absolute atomic E-state index is 12.1. The molecule has 0 saturated heterocycles. The molecule has 18 heavy (non-hydrogen) atoms. The Morgan fingerprint density at radius 3 is 2.56 bits per heavy atom. The van der Waals surface area contributed by atoms with Crippen LogP contribution in [0, 0.1) is 0 Å². The fourth-order valence-corrected chi connectivity index (χ4v) is 2.25. The highest BCUT2D eigenvalue weighted by Crippen LogP contribution is 2.26. The van der Waals surface area contributed by atoms with Gasteiger partial charge in [0, 0.05) is 13.0 Å². The number of carbonyl (C=O) groups is 1. The Morgan fingerprint density at radius 2 is 2.06 bits per heavy atom. The summed E-state index contributed by atoms with van der Waals surface area (Å²) in [5, 5.41) is 0. The average molecular weight is 315 g/mol. The van der Waals surface area contributed by atoms with E-state index in [1.54, 1.807) is 21.0 Å². The third-order valence-electron chi connectivity index (χ3n) is 2.76. The molecule has 0 aliphatic carbocycles. The molecular weight excluding hydrogens is 296 g/mol. The van der Waals surface area contributed by atoms with Gasteiger partial charge >= 0.3 is 0 Å². The molecule has 0 aliphatic rings. The first-order valence-corrected chi connectivity index (χ1v) is 6.69. The van der Waals surface area contributed by atoms with Crippen molar-refractivity contribution in [3.63, 3.8) is 0 Å². The van der Waals surface area contributed by atoms with Crippen molar-refractivity contribution in [3.8, 4) is 5.75 Å². The first-order chi connectivity index (χ1) is 8.40. The first kappa shape index (κ1) is 15.2. The number of hydrogen-bond donors (Lipinski definition) is 0. The van der Waals surface area contributed by atoms with E-state index in [0.29, 0.717) is 13.0 Å². The fraction of sp³-hybridized carbons (Fsp3) is 0.500. The largest absolute Gasteiger partial charge is 0.496 e. The van der Waals surface area contributed by atoms with Crippen LogP contribution in [0.4, 0.5) is 0 Å². The molecule has 0 aromatic heterocycles. The minimum atomic E-state index is -0.735. The summed E-state index contributed by atoms with van der Waals surface area (Å²) in [5.74, 6) is 0.830. The summed E-state index contributed by atoms with van der Waals surface area (Å²) in [6.07, 6.45) is 0.357. The van der Waals surface area contributed by atoms with Gasteiger partial charge in [0.05, 0.1) is 11.6 Å². The normalized spacial score (nSPS) is 11.4. The fourth-order valence-electron chi connectivity index (χ4n) is 1.66. The Morgan fingerprint density at radius 1 is 1.39 bits per heavy atom.